The molecule has 1 fully saturated rings. The summed E-state index contributed by atoms with van der Waals surface area (Å²) in [5.74, 6) is -2.89. The van der Waals surface area contributed by atoms with Crippen molar-refractivity contribution in [3.8, 4) is 0 Å². The third kappa shape index (κ3) is 10.2. The maximum absolute atomic E-state index is 11.8. The van der Waals surface area contributed by atoms with Gasteiger partial charge in [0.2, 0.25) is 0 Å². The maximum Gasteiger partial charge on any atom is 0.317 e. The van der Waals surface area contributed by atoms with Gasteiger partial charge >= 0.3 is 17.9 Å². The van der Waals surface area contributed by atoms with Gasteiger partial charge in [-0.1, -0.05) is 27.7 Å². The topological polar surface area (TPSA) is 142 Å². The van der Waals surface area contributed by atoms with Gasteiger partial charge in [0, 0.05) is 50.3 Å². The average molecular weight is 501 g/mol. The molecule has 0 bridgehead atoms. The van der Waals surface area contributed by atoms with Crippen LogP contribution in [0.5, 0.6) is 0 Å². The van der Waals surface area contributed by atoms with Crippen LogP contribution >= 0.6 is 0 Å². The lowest BCUT2D eigenvalue weighted by Crippen LogP contribution is -2.59. The van der Waals surface area contributed by atoms with Crippen LogP contribution in [0.2, 0.25) is 0 Å². The Hall–Kier alpha value is -2.08. The molecule has 0 aromatic rings. The zero-order valence-electron chi connectivity index (χ0n) is 21.6. The van der Waals surface area contributed by atoms with E-state index in [9.17, 15) is 34.5 Å². The largest absolute Gasteiger partial charge is 0.480 e. The van der Waals surface area contributed by atoms with Gasteiger partial charge in [0.25, 0.3) is 0 Å². The van der Waals surface area contributed by atoms with Crippen LogP contribution in [0.4, 0.5) is 0 Å². The lowest BCUT2D eigenvalue weighted by molar-refractivity contribution is -0.142. The van der Waals surface area contributed by atoms with Gasteiger partial charge in [-0.3, -0.25) is 34.0 Å². The van der Waals surface area contributed by atoms with Crippen LogP contribution < -0.4 is 0 Å². The molecule has 0 aromatic carbocycles. The van der Waals surface area contributed by atoms with Gasteiger partial charge in [-0.05, 0) is 25.7 Å². The Morgan fingerprint density at radius 1 is 0.600 bits per heavy atom. The second kappa shape index (κ2) is 15.8. The number of carbonyl (C=O) groups excluding carboxylic acids is 1. The van der Waals surface area contributed by atoms with Crippen LogP contribution in [0.1, 0.15) is 53.4 Å². The Balaban J connectivity index is 3.58. The molecule has 0 saturated carbocycles. The molecule has 1 rings (SSSR count). The molecule has 1 aliphatic rings. The standard InChI is InChI=1S/C24H44N4O7/c1-5-18-12-26(15-22(30)31)20(7-3)14-28(17-24(34)35)21(8-4)13-27(16-23(32)33)19(6-2)11-25(18)9-10-29/h10,18-21H,5-9,11-17H2,1-4H3,(H,30,31)(H,32,33)(H,34,35)/t18-,19-,20-,21-/m0/s1. The van der Waals surface area contributed by atoms with E-state index >= 15 is 0 Å². The Morgan fingerprint density at radius 3 is 1.09 bits per heavy atom. The lowest BCUT2D eigenvalue weighted by atomic mass is 10.0. The third-order valence-corrected chi connectivity index (χ3v) is 7.06. The van der Waals surface area contributed by atoms with Gasteiger partial charge in [-0.2, -0.15) is 0 Å². The van der Waals surface area contributed by atoms with Gasteiger partial charge < -0.3 is 20.1 Å². The van der Waals surface area contributed by atoms with Gasteiger partial charge in [-0.15, -0.1) is 0 Å². The van der Waals surface area contributed by atoms with E-state index in [4.69, 9.17) is 0 Å². The van der Waals surface area contributed by atoms with E-state index in [1.54, 1.807) is 0 Å². The Kier molecular flexibility index (Phi) is 14.0. The van der Waals surface area contributed by atoms with E-state index in [-0.39, 0.29) is 50.3 Å². The minimum atomic E-state index is -0.976. The van der Waals surface area contributed by atoms with Gasteiger partial charge in [0.05, 0.1) is 26.2 Å². The van der Waals surface area contributed by atoms with Crippen LogP contribution in [-0.4, -0.2) is 136 Å². The molecule has 35 heavy (non-hydrogen) atoms. The van der Waals surface area contributed by atoms with Crippen molar-refractivity contribution in [2.24, 2.45) is 0 Å². The molecule has 0 spiro atoms. The molecule has 11 nitrogen and oxygen atoms in total. The number of hydrogen-bond acceptors (Lipinski definition) is 8. The number of carboxylic acid groups (broad SMARTS) is 3. The van der Waals surface area contributed by atoms with Crippen molar-refractivity contribution in [3.05, 3.63) is 0 Å². The summed E-state index contributed by atoms with van der Waals surface area (Å²) < 4.78 is 0. The predicted octanol–water partition coefficient (Wildman–Crippen LogP) is 0.775. The van der Waals surface area contributed by atoms with Crippen LogP contribution in [0.15, 0.2) is 0 Å². The van der Waals surface area contributed by atoms with E-state index in [1.807, 2.05) is 47.3 Å². The number of carboxylic acids is 3. The summed E-state index contributed by atoms with van der Waals surface area (Å²) in [4.78, 5) is 54.5. The van der Waals surface area contributed by atoms with Crippen molar-refractivity contribution < 1.29 is 34.5 Å². The highest BCUT2D eigenvalue weighted by atomic mass is 16.4. The minimum absolute atomic E-state index is 0.108. The summed E-state index contributed by atoms with van der Waals surface area (Å²) in [6.07, 6.45) is 3.42. The smallest absolute Gasteiger partial charge is 0.317 e. The number of aliphatic carboxylic acids is 3. The first-order valence-corrected chi connectivity index (χ1v) is 12.6. The van der Waals surface area contributed by atoms with Crippen LogP contribution in [0.3, 0.4) is 0 Å². The normalized spacial score (nSPS) is 26.5. The monoisotopic (exact) mass is 500 g/mol. The fourth-order valence-corrected chi connectivity index (χ4v) is 5.11. The molecule has 1 aliphatic heterocycles. The van der Waals surface area contributed by atoms with E-state index in [1.165, 1.54) is 0 Å². The van der Waals surface area contributed by atoms with Crippen LogP contribution in [-0.2, 0) is 19.2 Å². The first-order valence-electron chi connectivity index (χ1n) is 12.6. The van der Waals surface area contributed by atoms with Crippen molar-refractivity contribution in [3.63, 3.8) is 0 Å². The lowest BCUT2D eigenvalue weighted by Gasteiger charge is -2.45. The number of carbonyl (C=O) groups is 4. The number of hydrogen-bond donors (Lipinski definition) is 3. The van der Waals surface area contributed by atoms with Crippen molar-refractivity contribution in [1.82, 2.24) is 19.6 Å². The first-order chi connectivity index (χ1) is 16.6. The summed E-state index contributed by atoms with van der Waals surface area (Å²) in [6.45, 7) is 9.11. The number of nitrogens with zero attached hydrogens (tertiary/aromatic N) is 4. The highest BCUT2D eigenvalue weighted by Gasteiger charge is 2.34. The van der Waals surface area contributed by atoms with Crippen molar-refractivity contribution in [1.29, 1.82) is 0 Å². The number of rotatable bonds is 12. The molecule has 0 radical (unpaired) electrons. The first kappa shape index (κ1) is 31.0. The molecule has 1 heterocycles. The van der Waals surface area contributed by atoms with Gasteiger partial charge in [0.1, 0.15) is 6.29 Å². The second-order valence-corrected chi connectivity index (χ2v) is 9.34. The zero-order valence-corrected chi connectivity index (χ0v) is 21.6. The molecular formula is C24H44N4O7. The summed E-state index contributed by atoms with van der Waals surface area (Å²) in [6, 6.07) is -0.694. The SMILES string of the molecule is CC[C@H]1CN(CC(=O)O)[C@@H](CC)CN(CC(=O)O)[C@@H](CC)CN(CC(=O)O)[C@@H](CC)CN1CC=O. The molecule has 3 N–H and O–H groups in total. The van der Waals surface area contributed by atoms with Gasteiger partial charge in [-0.25, -0.2) is 0 Å². The highest BCUT2D eigenvalue weighted by Crippen LogP contribution is 2.20. The molecule has 202 valence electrons. The molecule has 0 aliphatic carbocycles. The summed E-state index contributed by atoms with van der Waals surface area (Å²) in [5, 5.41) is 28.9. The van der Waals surface area contributed by atoms with Crippen LogP contribution in [0.25, 0.3) is 0 Å². The Bertz CT molecular complexity index is 679. The average Bonchev–Trinajstić information content (AvgIpc) is 2.78. The van der Waals surface area contributed by atoms with E-state index in [0.29, 0.717) is 51.9 Å². The van der Waals surface area contributed by atoms with Crippen molar-refractivity contribution in [2.45, 2.75) is 77.5 Å². The van der Waals surface area contributed by atoms with Crippen molar-refractivity contribution >= 4 is 24.2 Å². The fraction of sp³-hybridized carbons (Fsp3) is 0.833. The molecule has 0 amide bonds. The summed E-state index contributed by atoms with van der Waals surface area (Å²) >= 11 is 0. The van der Waals surface area contributed by atoms with E-state index in [0.717, 1.165) is 6.29 Å². The van der Waals surface area contributed by atoms with Crippen LogP contribution in [0, 0.1) is 0 Å². The highest BCUT2D eigenvalue weighted by molar-refractivity contribution is 5.70. The quantitative estimate of drug-likeness (QED) is 0.327. The molecule has 4 atom stereocenters. The molecule has 0 aromatic heterocycles. The summed E-state index contributed by atoms with van der Waals surface area (Å²) in [7, 11) is 0. The predicted molar refractivity (Wildman–Crippen MR) is 132 cm³/mol. The van der Waals surface area contributed by atoms with E-state index in [2.05, 4.69) is 0 Å². The third-order valence-electron chi connectivity index (χ3n) is 7.06. The molecule has 1 saturated heterocycles. The Morgan fingerprint density at radius 2 is 0.857 bits per heavy atom. The molecule has 11 heteroatoms. The van der Waals surface area contributed by atoms with Gasteiger partial charge in [0.15, 0.2) is 0 Å². The second-order valence-electron chi connectivity index (χ2n) is 9.34. The number of aldehydes is 1. The molecular weight excluding hydrogens is 456 g/mol. The van der Waals surface area contributed by atoms with E-state index < -0.39 is 17.9 Å². The fourth-order valence-electron chi connectivity index (χ4n) is 5.11. The Labute approximate surface area is 208 Å². The zero-order chi connectivity index (χ0) is 26.5. The molecule has 0 unspecified atom stereocenters. The minimum Gasteiger partial charge on any atom is -0.480 e. The maximum atomic E-state index is 11.8. The summed E-state index contributed by atoms with van der Waals surface area (Å²) in [5.41, 5.74) is 0. The van der Waals surface area contributed by atoms with Crippen molar-refractivity contribution in [2.75, 3.05) is 52.4 Å².